The number of ether oxygens (including phenoxy) is 1. The number of nitrogen functional groups attached to an aromatic ring is 1. The monoisotopic (exact) mass is 235 g/mol. The van der Waals surface area contributed by atoms with Gasteiger partial charge >= 0.3 is 5.97 Å². The van der Waals surface area contributed by atoms with Gasteiger partial charge in [-0.05, 0) is 37.5 Å². The molecular weight excluding hydrogens is 214 g/mol. The fourth-order valence-electron chi connectivity index (χ4n) is 1.83. The summed E-state index contributed by atoms with van der Waals surface area (Å²) in [6.07, 6.45) is 0. The maximum atomic E-state index is 12.2. The molecule has 94 valence electrons. The average Bonchev–Trinajstić information content (AvgIpc) is 2.27. The predicted octanol–water partition coefficient (Wildman–Crippen LogP) is 2.75. The van der Waals surface area contributed by atoms with Crippen LogP contribution in [0, 0.1) is 5.92 Å². The Morgan fingerprint density at radius 2 is 2.12 bits per heavy atom. The van der Waals surface area contributed by atoms with Gasteiger partial charge in [0.1, 0.15) is 0 Å². The summed E-state index contributed by atoms with van der Waals surface area (Å²) in [7, 11) is 0. The van der Waals surface area contributed by atoms with Gasteiger partial charge in [-0.25, -0.2) is 0 Å². The molecule has 0 aliphatic heterocycles. The van der Waals surface area contributed by atoms with Gasteiger partial charge < -0.3 is 10.5 Å². The largest absolute Gasteiger partial charge is 0.465 e. The Labute approximate surface area is 103 Å². The van der Waals surface area contributed by atoms with Crippen LogP contribution in [-0.2, 0) is 14.9 Å². The normalized spacial score (nSPS) is 14.4. The van der Waals surface area contributed by atoms with Crippen LogP contribution in [0.3, 0.4) is 0 Å². The number of carbonyl (C=O) groups is 1. The van der Waals surface area contributed by atoms with Gasteiger partial charge in [0.25, 0.3) is 0 Å². The van der Waals surface area contributed by atoms with Crippen molar-refractivity contribution in [3.8, 4) is 0 Å². The lowest BCUT2D eigenvalue weighted by Crippen LogP contribution is -2.39. The molecule has 0 heterocycles. The maximum Gasteiger partial charge on any atom is 0.316 e. The van der Waals surface area contributed by atoms with E-state index >= 15 is 0 Å². The lowest BCUT2D eigenvalue weighted by Gasteiger charge is -2.31. The van der Waals surface area contributed by atoms with Crippen LogP contribution in [0.25, 0.3) is 0 Å². The fraction of sp³-hybridized carbons (Fsp3) is 0.500. The van der Waals surface area contributed by atoms with E-state index < -0.39 is 5.41 Å². The van der Waals surface area contributed by atoms with Crippen molar-refractivity contribution in [1.29, 1.82) is 0 Å². The standard InChI is InChI=1S/C14H21NO2/c1-5-17-13(16)14(4,10(2)3)11-7-6-8-12(15)9-11/h6-10H,5,15H2,1-4H3. The van der Waals surface area contributed by atoms with E-state index in [-0.39, 0.29) is 11.9 Å². The molecule has 0 amide bonds. The van der Waals surface area contributed by atoms with Gasteiger partial charge in [-0.1, -0.05) is 26.0 Å². The minimum absolute atomic E-state index is 0.142. The smallest absolute Gasteiger partial charge is 0.316 e. The van der Waals surface area contributed by atoms with E-state index in [9.17, 15) is 4.79 Å². The molecule has 3 nitrogen and oxygen atoms in total. The summed E-state index contributed by atoms with van der Waals surface area (Å²) >= 11 is 0. The summed E-state index contributed by atoms with van der Waals surface area (Å²) < 4.78 is 5.18. The number of anilines is 1. The summed E-state index contributed by atoms with van der Waals surface area (Å²) in [6.45, 7) is 8.14. The molecule has 0 aliphatic rings. The van der Waals surface area contributed by atoms with Crippen molar-refractivity contribution in [1.82, 2.24) is 0 Å². The van der Waals surface area contributed by atoms with Gasteiger partial charge in [-0.3, -0.25) is 4.79 Å². The number of benzene rings is 1. The number of rotatable bonds is 4. The molecule has 1 unspecified atom stereocenters. The molecule has 3 heteroatoms. The van der Waals surface area contributed by atoms with Crippen molar-refractivity contribution in [2.24, 2.45) is 5.92 Å². The third-order valence-electron chi connectivity index (χ3n) is 3.34. The van der Waals surface area contributed by atoms with E-state index in [1.165, 1.54) is 0 Å². The van der Waals surface area contributed by atoms with Crippen LogP contribution >= 0.6 is 0 Å². The third kappa shape index (κ3) is 2.60. The summed E-state index contributed by atoms with van der Waals surface area (Å²) in [5, 5.41) is 0. The molecule has 1 atom stereocenters. The highest BCUT2D eigenvalue weighted by Crippen LogP contribution is 2.34. The Hall–Kier alpha value is -1.51. The van der Waals surface area contributed by atoms with Crippen molar-refractivity contribution in [3.63, 3.8) is 0 Å². The summed E-state index contributed by atoms with van der Waals surface area (Å²) in [5.74, 6) is -0.0519. The van der Waals surface area contributed by atoms with Crippen LogP contribution in [0.2, 0.25) is 0 Å². The van der Waals surface area contributed by atoms with E-state index in [4.69, 9.17) is 10.5 Å². The molecule has 2 N–H and O–H groups in total. The summed E-state index contributed by atoms with van der Waals surface area (Å²) in [6, 6.07) is 7.45. The Morgan fingerprint density at radius 1 is 1.47 bits per heavy atom. The first-order valence-corrected chi connectivity index (χ1v) is 5.96. The predicted molar refractivity (Wildman–Crippen MR) is 69.7 cm³/mol. The summed E-state index contributed by atoms with van der Waals surface area (Å²) in [4.78, 5) is 12.2. The Balaban J connectivity index is 3.20. The second kappa shape index (κ2) is 5.21. The molecule has 0 spiro atoms. The topological polar surface area (TPSA) is 52.3 Å². The van der Waals surface area contributed by atoms with Crippen LogP contribution in [-0.4, -0.2) is 12.6 Å². The van der Waals surface area contributed by atoms with Crippen molar-refractivity contribution >= 4 is 11.7 Å². The molecule has 0 saturated carbocycles. The molecule has 1 aromatic carbocycles. The van der Waals surface area contributed by atoms with E-state index in [1.807, 2.05) is 52.0 Å². The molecule has 17 heavy (non-hydrogen) atoms. The number of nitrogens with two attached hydrogens (primary N) is 1. The maximum absolute atomic E-state index is 12.2. The number of hydrogen-bond donors (Lipinski definition) is 1. The highest BCUT2D eigenvalue weighted by molar-refractivity contribution is 5.83. The summed E-state index contributed by atoms with van der Waals surface area (Å²) in [5.41, 5.74) is 6.70. The third-order valence-corrected chi connectivity index (χ3v) is 3.34. The van der Waals surface area contributed by atoms with Gasteiger partial charge in [-0.15, -0.1) is 0 Å². The zero-order chi connectivity index (χ0) is 13.1. The molecule has 0 fully saturated rings. The van der Waals surface area contributed by atoms with Crippen molar-refractivity contribution in [2.45, 2.75) is 33.1 Å². The lowest BCUT2D eigenvalue weighted by atomic mass is 9.73. The van der Waals surface area contributed by atoms with Gasteiger partial charge in [0.05, 0.1) is 12.0 Å². The molecule has 1 aromatic rings. The zero-order valence-corrected chi connectivity index (χ0v) is 11.0. The zero-order valence-electron chi connectivity index (χ0n) is 11.0. The van der Waals surface area contributed by atoms with Crippen molar-refractivity contribution in [3.05, 3.63) is 29.8 Å². The quantitative estimate of drug-likeness (QED) is 0.645. The first-order chi connectivity index (χ1) is 7.92. The Bertz CT molecular complexity index is 401. The minimum Gasteiger partial charge on any atom is -0.465 e. The molecular formula is C14H21NO2. The van der Waals surface area contributed by atoms with Gasteiger partial charge in [0.2, 0.25) is 0 Å². The second-order valence-corrected chi connectivity index (χ2v) is 4.70. The number of carbonyl (C=O) groups excluding carboxylic acids is 1. The van der Waals surface area contributed by atoms with Crippen LogP contribution in [0.15, 0.2) is 24.3 Å². The molecule has 0 bridgehead atoms. The molecule has 0 saturated heterocycles. The highest BCUT2D eigenvalue weighted by Gasteiger charge is 2.39. The lowest BCUT2D eigenvalue weighted by molar-refractivity contribution is -0.151. The number of esters is 1. The minimum atomic E-state index is -0.647. The van der Waals surface area contributed by atoms with E-state index in [0.717, 1.165) is 5.56 Å². The second-order valence-electron chi connectivity index (χ2n) is 4.70. The average molecular weight is 235 g/mol. The van der Waals surface area contributed by atoms with E-state index in [2.05, 4.69) is 0 Å². The van der Waals surface area contributed by atoms with E-state index in [0.29, 0.717) is 12.3 Å². The van der Waals surface area contributed by atoms with Crippen LogP contribution in [0.5, 0.6) is 0 Å². The molecule has 0 aromatic heterocycles. The van der Waals surface area contributed by atoms with Crippen molar-refractivity contribution in [2.75, 3.05) is 12.3 Å². The first-order valence-electron chi connectivity index (χ1n) is 5.96. The molecule has 0 radical (unpaired) electrons. The fourth-order valence-corrected chi connectivity index (χ4v) is 1.83. The molecule has 1 rings (SSSR count). The van der Waals surface area contributed by atoms with Crippen molar-refractivity contribution < 1.29 is 9.53 Å². The Kier molecular flexibility index (Phi) is 4.16. The highest BCUT2D eigenvalue weighted by atomic mass is 16.5. The number of hydrogen-bond acceptors (Lipinski definition) is 3. The van der Waals surface area contributed by atoms with Gasteiger partial charge in [0, 0.05) is 5.69 Å². The van der Waals surface area contributed by atoms with E-state index in [1.54, 1.807) is 0 Å². The van der Waals surface area contributed by atoms with Gasteiger partial charge in [-0.2, -0.15) is 0 Å². The van der Waals surface area contributed by atoms with Gasteiger partial charge in [0.15, 0.2) is 0 Å². The van der Waals surface area contributed by atoms with Crippen LogP contribution in [0.1, 0.15) is 33.3 Å². The molecule has 0 aliphatic carbocycles. The first kappa shape index (κ1) is 13.6. The van der Waals surface area contributed by atoms with Crippen LogP contribution < -0.4 is 5.73 Å². The Morgan fingerprint density at radius 3 is 2.59 bits per heavy atom. The van der Waals surface area contributed by atoms with Crippen LogP contribution in [0.4, 0.5) is 5.69 Å². The SMILES string of the molecule is CCOC(=O)C(C)(c1cccc(N)c1)C(C)C.